The highest BCUT2D eigenvalue weighted by molar-refractivity contribution is 6.30. The third kappa shape index (κ3) is 3.76. The van der Waals surface area contributed by atoms with Crippen molar-refractivity contribution in [3.05, 3.63) is 70.6 Å². The van der Waals surface area contributed by atoms with E-state index in [1.165, 1.54) is 0 Å². The van der Waals surface area contributed by atoms with Crippen LogP contribution in [-0.2, 0) is 6.54 Å². The number of rotatable bonds is 4. The molecule has 1 heterocycles. The van der Waals surface area contributed by atoms with Crippen LogP contribution in [0.5, 0.6) is 0 Å². The van der Waals surface area contributed by atoms with Crippen molar-refractivity contribution in [1.29, 1.82) is 0 Å². The number of nitrogens with one attached hydrogen (secondary N) is 1. The SMILES string of the molecule is Cc1cccc(-c2nnc(CNC(=O)c3ccc(Cl)cc3)o2)c1. The number of amides is 1. The Hall–Kier alpha value is -2.66. The summed E-state index contributed by atoms with van der Waals surface area (Å²) in [4.78, 5) is 12.0. The lowest BCUT2D eigenvalue weighted by Crippen LogP contribution is -2.22. The van der Waals surface area contributed by atoms with Gasteiger partial charge in [0.25, 0.3) is 5.91 Å². The number of carbonyl (C=O) groups is 1. The number of nitrogens with zero attached hydrogens (tertiary/aromatic N) is 2. The van der Waals surface area contributed by atoms with Crippen LogP contribution < -0.4 is 5.32 Å². The van der Waals surface area contributed by atoms with Gasteiger partial charge in [-0.2, -0.15) is 0 Å². The van der Waals surface area contributed by atoms with E-state index in [2.05, 4.69) is 15.5 Å². The van der Waals surface area contributed by atoms with Gasteiger partial charge in [0.15, 0.2) is 0 Å². The van der Waals surface area contributed by atoms with Crippen molar-refractivity contribution in [2.24, 2.45) is 0 Å². The summed E-state index contributed by atoms with van der Waals surface area (Å²) in [5, 5.41) is 11.3. The number of aryl methyl sites for hydroxylation is 1. The van der Waals surface area contributed by atoms with Crippen LogP contribution in [0.1, 0.15) is 21.8 Å². The van der Waals surface area contributed by atoms with Crippen molar-refractivity contribution in [2.75, 3.05) is 0 Å². The number of hydrogen-bond donors (Lipinski definition) is 1. The second kappa shape index (κ2) is 6.62. The third-order valence-electron chi connectivity index (χ3n) is 3.24. The molecule has 0 unspecified atom stereocenters. The minimum absolute atomic E-state index is 0.167. The van der Waals surface area contributed by atoms with Crippen LogP contribution >= 0.6 is 11.6 Å². The van der Waals surface area contributed by atoms with Crippen LogP contribution in [0.25, 0.3) is 11.5 Å². The molecular formula is C17H14ClN3O2. The van der Waals surface area contributed by atoms with E-state index in [1.54, 1.807) is 24.3 Å². The maximum Gasteiger partial charge on any atom is 0.251 e. The van der Waals surface area contributed by atoms with Crippen molar-refractivity contribution in [3.8, 4) is 11.5 Å². The summed E-state index contributed by atoms with van der Waals surface area (Å²) >= 11 is 5.80. The first-order valence-electron chi connectivity index (χ1n) is 7.05. The van der Waals surface area contributed by atoms with Crippen LogP contribution in [0.4, 0.5) is 0 Å². The fourth-order valence-electron chi connectivity index (χ4n) is 2.08. The number of carbonyl (C=O) groups excluding carboxylic acids is 1. The van der Waals surface area contributed by atoms with Gasteiger partial charge in [-0.1, -0.05) is 29.3 Å². The Kier molecular flexibility index (Phi) is 4.39. The topological polar surface area (TPSA) is 68.0 Å². The van der Waals surface area contributed by atoms with E-state index in [1.807, 2.05) is 31.2 Å². The van der Waals surface area contributed by atoms with Gasteiger partial charge in [-0.05, 0) is 43.3 Å². The normalized spacial score (nSPS) is 10.5. The minimum atomic E-state index is -0.225. The molecule has 0 bridgehead atoms. The summed E-state index contributed by atoms with van der Waals surface area (Å²) in [5.74, 6) is 0.560. The van der Waals surface area contributed by atoms with Crippen molar-refractivity contribution in [1.82, 2.24) is 15.5 Å². The minimum Gasteiger partial charge on any atom is -0.419 e. The molecule has 6 heteroatoms. The van der Waals surface area contributed by atoms with Crippen molar-refractivity contribution >= 4 is 17.5 Å². The summed E-state index contributed by atoms with van der Waals surface area (Å²) in [6.45, 7) is 2.16. The van der Waals surface area contributed by atoms with E-state index < -0.39 is 0 Å². The highest BCUT2D eigenvalue weighted by Crippen LogP contribution is 2.18. The third-order valence-corrected chi connectivity index (χ3v) is 3.49. The zero-order valence-corrected chi connectivity index (χ0v) is 13.2. The van der Waals surface area contributed by atoms with E-state index in [0.717, 1.165) is 11.1 Å². The highest BCUT2D eigenvalue weighted by atomic mass is 35.5. The molecule has 0 radical (unpaired) electrons. The standard InChI is InChI=1S/C17H14ClN3O2/c1-11-3-2-4-13(9-11)17-21-20-15(23-17)10-19-16(22)12-5-7-14(18)8-6-12/h2-9H,10H2,1H3,(H,19,22). The Morgan fingerprint density at radius 3 is 2.70 bits per heavy atom. The summed E-state index contributed by atoms with van der Waals surface area (Å²) < 4.78 is 5.57. The van der Waals surface area contributed by atoms with Gasteiger partial charge in [0.2, 0.25) is 11.8 Å². The second-order valence-corrected chi connectivity index (χ2v) is 5.50. The largest absolute Gasteiger partial charge is 0.419 e. The van der Waals surface area contributed by atoms with Crippen LogP contribution in [0.15, 0.2) is 52.9 Å². The summed E-state index contributed by atoms with van der Waals surface area (Å²) in [6.07, 6.45) is 0. The number of hydrogen-bond acceptors (Lipinski definition) is 4. The van der Waals surface area contributed by atoms with Crippen molar-refractivity contribution in [2.45, 2.75) is 13.5 Å². The summed E-state index contributed by atoms with van der Waals surface area (Å²) in [5.41, 5.74) is 2.49. The predicted molar refractivity (Wildman–Crippen MR) is 87.1 cm³/mol. The van der Waals surface area contributed by atoms with E-state index in [-0.39, 0.29) is 12.5 Å². The number of halogens is 1. The summed E-state index contributed by atoms with van der Waals surface area (Å²) in [6, 6.07) is 14.4. The van der Waals surface area contributed by atoms with Crippen LogP contribution in [0, 0.1) is 6.92 Å². The molecular weight excluding hydrogens is 314 g/mol. The smallest absolute Gasteiger partial charge is 0.251 e. The first kappa shape index (κ1) is 15.2. The lowest BCUT2D eigenvalue weighted by molar-refractivity contribution is 0.0947. The van der Waals surface area contributed by atoms with Crippen molar-refractivity contribution < 1.29 is 9.21 Å². The van der Waals surface area contributed by atoms with E-state index in [9.17, 15) is 4.79 Å². The van der Waals surface area contributed by atoms with E-state index in [0.29, 0.717) is 22.4 Å². The van der Waals surface area contributed by atoms with Gasteiger partial charge in [0, 0.05) is 16.1 Å². The first-order valence-corrected chi connectivity index (χ1v) is 7.43. The zero-order chi connectivity index (χ0) is 16.2. The van der Waals surface area contributed by atoms with Gasteiger partial charge in [-0.15, -0.1) is 10.2 Å². The fourth-order valence-corrected chi connectivity index (χ4v) is 2.20. The molecule has 0 aliphatic heterocycles. The monoisotopic (exact) mass is 327 g/mol. The quantitative estimate of drug-likeness (QED) is 0.794. The maximum absolute atomic E-state index is 12.0. The molecule has 23 heavy (non-hydrogen) atoms. The van der Waals surface area contributed by atoms with Gasteiger partial charge in [-0.25, -0.2) is 0 Å². The highest BCUT2D eigenvalue weighted by Gasteiger charge is 2.11. The Morgan fingerprint density at radius 2 is 1.96 bits per heavy atom. The van der Waals surface area contributed by atoms with Crippen LogP contribution in [0.3, 0.4) is 0 Å². The Morgan fingerprint density at radius 1 is 1.17 bits per heavy atom. The molecule has 116 valence electrons. The molecule has 0 aliphatic carbocycles. The molecule has 1 amide bonds. The predicted octanol–water partition coefficient (Wildman–Crippen LogP) is 3.63. The van der Waals surface area contributed by atoms with Gasteiger partial charge in [0.05, 0.1) is 6.54 Å². The van der Waals surface area contributed by atoms with Crippen LogP contribution in [-0.4, -0.2) is 16.1 Å². The van der Waals surface area contributed by atoms with E-state index in [4.69, 9.17) is 16.0 Å². The first-order chi connectivity index (χ1) is 11.1. The van der Waals surface area contributed by atoms with Gasteiger partial charge in [0.1, 0.15) is 0 Å². The molecule has 0 saturated heterocycles. The molecule has 1 aromatic heterocycles. The fraction of sp³-hybridized carbons (Fsp3) is 0.118. The van der Waals surface area contributed by atoms with Gasteiger partial charge < -0.3 is 9.73 Å². The number of benzene rings is 2. The average Bonchev–Trinajstić information content (AvgIpc) is 3.02. The average molecular weight is 328 g/mol. The zero-order valence-electron chi connectivity index (χ0n) is 12.4. The van der Waals surface area contributed by atoms with E-state index >= 15 is 0 Å². The molecule has 1 N–H and O–H groups in total. The molecule has 0 fully saturated rings. The maximum atomic E-state index is 12.0. The van der Waals surface area contributed by atoms with Gasteiger partial charge >= 0.3 is 0 Å². The molecule has 0 atom stereocenters. The Balaban J connectivity index is 1.65. The molecule has 3 aromatic rings. The molecule has 0 aliphatic rings. The van der Waals surface area contributed by atoms with Gasteiger partial charge in [-0.3, -0.25) is 4.79 Å². The summed E-state index contributed by atoms with van der Waals surface area (Å²) in [7, 11) is 0. The Labute approximate surface area is 138 Å². The molecule has 5 nitrogen and oxygen atoms in total. The Bertz CT molecular complexity index is 828. The molecule has 2 aromatic carbocycles. The van der Waals surface area contributed by atoms with Crippen LogP contribution in [0.2, 0.25) is 5.02 Å². The molecule has 3 rings (SSSR count). The molecule has 0 spiro atoms. The lowest BCUT2D eigenvalue weighted by atomic mass is 10.1. The number of aromatic nitrogens is 2. The second-order valence-electron chi connectivity index (χ2n) is 5.06. The lowest BCUT2D eigenvalue weighted by Gasteiger charge is -2.02. The molecule has 0 saturated carbocycles. The van der Waals surface area contributed by atoms with Crippen molar-refractivity contribution in [3.63, 3.8) is 0 Å².